The lowest BCUT2D eigenvalue weighted by Gasteiger charge is -2.25. The van der Waals surface area contributed by atoms with Crippen LogP contribution in [0.25, 0.3) is 11.4 Å². The van der Waals surface area contributed by atoms with Crippen molar-refractivity contribution in [1.29, 1.82) is 0 Å². The predicted octanol–water partition coefficient (Wildman–Crippen LogP) is 2.91. The minimum Gasteiger partial charge on any atom is -0.488 e. The zero-order valence-electron chi connectivity index (χ0n) is 15.4. The zero-order chi connectivity index (χ0) is 19.1. The maximum absolute atomic E-state index is 12.4. The molecule has 1 atom stereocenters. The molecule has 0 bridgehead atoms. The monoisotopic (exact) mass is 370 g/mol. The van der Waals surface area contributed by atoms with Gasteiger partial charge in [-0.25, -0.2) is 9.78 Å². The molecular formula is C20H22N2O5. The van der Waals surface area contributed by atoms with Crippen molar-refractivity contribution in [2.45, 2.75) is 39.2 Å². The molecule has 2 aromatic rings. The maximum Gasteiger partial charge on any atom is 0.341 e. The van der Waals surface area contributed by atoms with Crippen LogP contribution in [0.2, 0.25) is 0 Å². The molecule has 0 amide bonds. The molecule has 142 valence electrons. The van der Waals surface area contributed by atoms with Gasteiger partial charge in [0, 0.05) is 24.7 Å². The van der Waals surface area contributed by atoms with Crippen LogP contribution in [-0.2, 0) is 6.42 Å². The Morgan fingerprint density at radius 1 is 1.30 bits per heavy atom. The van der Waals surface area contributed by atoms with E-state index in [1.165, 1.54) is 12.3 Å². The Kier molecular flexibility index (Phi) is 4.37. The van der Waals surface area contributed by atoms with Crippen molar-refractivity contribution in [3.8, 4) is 23.0 Å². The minimum absolute atomic E-state index is 0.0644. The third kappa shape index (κ3) is 3.07. The first-order valence-electron chi connectivity index (χ1n) is 9.25. The van der Waals surface area contributed by atoms with Crippen LogP contribution in [-0.4, -0.2) is 33.8 Å². The number of aryl methyl sites for hydroxylation is 1. The van der Waals surface area contributed by atoms with Gasteiger partial charge in [-0.1, -0.05) is 13.8 Å². The molecule has 0 aromatic carbocycles. The number of hydrogen-bond donors (Lipinski definition) is 1. The fourth-order valence-electron chi connectivity index (χ4n) is 3.82. The molecule has 0 saturated heterocycles. The molecule has 7 nitrogen and oxygen atoms in total. The van der Waals surface area contributed by atoms with E-state index in [1.54, 1.807) is 0 Å². The van der Waals surface area contributed by atoms with Crippen molar-refractivity contribution in [3.63, 3.8) is 0 Å². The first kappa shape index (κ1) is 17.6. The molecule has 2 aromatic heterocycles. The number of pyridine rings is 2. The van der Waals surface area contributed by atoms with Gasteiger partial charge in [0.1, 0.15) is 5.56 Å². The van der Waals surface area contributed by atoms with Crippen molar-refractivity contribution >= 4 is 5.97 Å². The third-order valence-corrected chi connectivity index (χ3v) is 5.21. The Labute approximate surface area is 156 Å². The first-order valence-corrected chi connectivity index (χ1v) is 9.25. The van der Waals surface area contributed by atoms with Crippen molar-refractivity contribution < 1.29 is 19.4 Å². The number of aromatic nitrogens is 2. The van der Waals surface area contributed by atoms with Crippen LogP contribution in [0.5, 0.6) is 11.6 Å². The Bertz CT molecular complexity index is 964. The summed E-state index contributed by atoms with van der Waals surface area (Å²) in [6.45, 7) is 5.30. The smallest absolute Gasteiger partial charge is 0.341 e. The molecule has 2 aliphatic rings. The van der Waals surface area contributed by atoms with Gasteiger partial charge >= 0.3 is 5.97 Å². The highest BCUT2D eigenvalue weighted by molar-refractivity contribution is 5.87. The topological polar surface area (TPSA) is 90.7 Å². The van der Waals surface area contributed by atoms with Gasteiger partial charge in [-0.3, -0.25) is 4.79 Å². The molecule has 1 N–H and O–H groups in total. The Balaban J connectivity index is 1.96. The summed E-state index contributed by atoms with van der Waals surface area (Å²) in [5, 5.41) is 9.38. The van der Waals surface area contributed by atoms with E-state index in [2.05, 4.69) is 18.8 Å². The highest BCUT2D eigenvalue weighted by Gasteiger charge is 2.28. The molecule has 2 aliphatic heterocycles. The summed E-state index contributed by atoms with van der Waals surface area (Å²) in [6, 6.07) is 3.40. The number of rotatable bonds is 2. The lowest BCUT2D eigenvalue weighted by atomic mass is 9.97. The first-order chi connectivity index (χ1) is 13.0. The largest absolute Gasteiger partial charge is 0.488 e. The van der Waals surface area contributed by atoms with Gasteiger partial charge in [0.15, 0.2) is 11.2 Å². The van der Waals surface area contributed by atoms with E-state index in [0.29, 0.717) is 36.2 Å². The summed E-state index contributed by atoms with van der Waals surface area (Å²) < 4.78 is 13.4. The number of nitrogens with zero attached hydrogens (tertiary/aromatic N) is 2. The molecule has 7 heteroatoms. The second-order valence-corrected chi connectivity index (χ2v) is 7.35. The Hall–Kier alpha value is -2.83. The molecule has 4 heterocycles. The number of hydrogen-bond acceptors (Lipinski definition) is 5. The van der Waals surface area contributed by atoms with Gasteiger partial charge in [-0.15, -0.1) is 0 Å². The Morgan fingerprint density at radius 3 is 2.81 bits per heavy atom. The van der Waals surface area contributed by atoms with Gasteiger partial charge in [0.25, 0.3) is 5.88 Å². The number of carboxylic acid groups (broad SMARTS) is 1. The van der Waals surface area contributed by atoms with Gasteiger partial charge in [0.05, 0.1) is 24.6 Å². The summed E-state index contributed by atoms with van der Waals surface area (Å²) in [7, 11) is 0. The molecule has 0 fully saturated rings. The van der Waals surface area contributed by atoms with Crippen molar-refractivity contribution in [3.05, 3.63) is 39.7 Å². The number of ether oxygens (including phenoxy) is 2. The van der Waals surface area contributed by atoms with Crippen LogP contribution in [0.1, 0.15) is 48.7 Å². The third-order valence-electron chi connectivity index (χ3n) is 5.21. The van der Waals surface area contributed by atoms with Crippen LogP contribution < -0.4 is 14.9 Å². The average Bonchev–Trinajstić information content (AvgIpc) is 2.93. The molecule has 0 saturated carbocycles. The quantitative estimate of drug-likeness (QED) is 0.874. The summed E-state index contributed by atoms with van der Waals surface area (Å²) in [6.07, 6.45) is 3.83. The van der Waals surface area contributed by atoms with E-state index in [0.717, 1.165) is 24.8 Å². The van der Waals surface area contributed by atoms with Crippen molar-refractivity contribution in [1.82, 2.24) is 9.55 Å². The highest BCUT2D eigenvalue weighted by atomic mass is 16.5. The lowest BCUT2D eigenvalue weighted by Crippen LogP contribution is -2.23. The summed E-state index contributed by atoms with van der Waals surface area (Å²) in [5.41, 5.74) is 1.54. The van der Waals surface area contributed by atoms with Gasteiger partial charge in [-0.2, -0.15) is 0 Å². The minimum atomic E-state index is -1.21. The van der Waals surface area contributed by atoms with Crippen LogP contribution in [0, 0.1) is 5.92 Å². The normalized spacial score (nSPS) is 18.3. The number of fused-ring (bicyclic) bond motifs is 4. The van der Waals surface area contributed by atoms with E-state index in [4.69, 9.17) is 9.47 Å². The van der Waals surface area contributed by atoms with E-state index in [1.807, 2.05) is 10.6 Å². The van der Waals surface area contributed by atoms with Gasteiger partial charge in [-0.05, 0) is 30.4 Å². The maximum atomic E-state index is 12.4. The fraction of sp³-hybridized carbons (Fsp3) is 0.450. The second kappa shape index (κ2) is 6.72. The summed E-state index contributed by atoms with van der Waals surface area (Å²) in [5.74, 6) is 0.113. The molecule has 0 unspecified atom stereocenters. The molecule has 0 radical (unpaired) electrons. The molecule has 0 spiro atoms. The van der Waals surface area contributed by atoms with Crippen LogP contribution in [0.15, 0.2) is 23.1 Å². The standard InChI is InChI=1S/C20H22N2O5/c1-11(2)14-5-4-12-8-17-19(27-7-3-6-26-17)21-18(12)15-9-16(23)13(20(24)25)10-22(14)15/h8-11,14H,3-7H2,1-2H3,(H,24,25)/t14-/m0/s1. The zero-order valence-corrected chi connectivity index (χ0v) is 15.4. The summed E-state index contributed by atoms with van der Waals surface area (Å²) >= 11 is 0. The van der Waals surface area contributed by atoms with E-state index < -0.39 is 11.4 Å². The van der Waals surface area contributed by atoms with Crippen molar-refractivity contribution in [2.24, 2.45) is 5.92 Å². The predicted molar refractivity (Wildman–Crippen MR) is 98.7 cm³/mol. The van der Waals surface area contributed by atoms with E-state index >= 15 is 0 Å². The molecule has 27 heavy (non-hydrogen) atoms. The number of aromatic carboxylic acids is 1. The van der Waals surface area contributed by atoms with Crippen LogP contribution in [0.4, 0.5) is 0 Å². The molecule has 4 rings (SSSR count). The van der Waals surface area contributed by atoms with Crippen LogP contribution >= 0.6 is 0 Å². The molecular weight excluding hydrogens is 348 g/mol. The lowest BCUT2D eigenvalue weighted by molar-refractivity contribution is 0.0694. The Morgan fingerprint density at radius 2 is 2.07 bits per heavy atom. The summed E-state index contributed by atoms with van der Waals surface area (Å²) in [4.78, 5) is 28.5. The van der Waals surface area contributed by atoms with Gasteiger partial charge < -0.3 is 19.1 Å². The van der Waals surface area contributed by atoms with E-state index in [-0.39, 0.29) is 17.5 Å². The highest BCUT2D eigenvalue weighted by Crippen LogP contribution is 2.39. The van der Waals surface area contributed by atoms with E-state index in [9.17, 15) is 14.7 Å². The number of carbonyl (C=O) groups is 1. The SMILES string of the molecule is CC(C)[C@@H]1CCc2cc3c(nc2-c2cc(=O)c(C(=O)O)cn21)OCCCO3. The van der Waals surface area contributed by atoms with Crippen molar-refractivity contribution in [2.75, 3.05) is 13.2 Å². The van der Waals surface area contributed by atoms with Gasteiger partial charge in [0.2, 0.25) is 0 Å². The molecule has 0 aliphatic carbocycles. The second-order valence-electron chi connectivity index (χ2n) is 7.35. The number of carboxylic acids is 1. The average molecular weight is 370 g/mol. The van der Waals surface area contributed by atoms with Crippen LogP contribution in [0.3, 0.4) is 0 Å². The fourth-order valence-corrected chi connectivity index (χ4v) is 3.82.